The number of benzene rings is 1. The minimum Gasteiger partial charge on any atom is -0.382 e. The van der Waals surface area contributed by atoms with E-state index in [1.54, 1.807) is 18.2 Å². The Morgan fingerprint density at radius 2 is 1.92 bits per heavy atom. The first-order valence-corrected chi connectivity index (χ1v) is 8.55. The van der Waals surface area contributed by atoms with E-state index in [0.29, 0.717) is 23.8 Å². The lowest BCUT2D eigenvalue weighted by Gasteiger charge is -2.11. The van der Waals surface area contributed by atoms with Gasteiger partial charge in [0.1, 0.15) is 5.02 Å². The van der Waals surface area contributed by atoms with Crippen molar-refractivity contribution in [2.45, 2.75) is 13.5 Å². The highest BCUT2D eigenvalue weighted by atomic mass is 35.5. The molecule has 0 radical (unpaired) electrons. The van der Waals surface area contributed by atoms with E-state index in [2.05, 4.69) is 15.5 Å². The van der Waals surface area contributed by atoms with Gasteiger partial charge < -0.3 is 5.32 Å². The van der Waals surface area contributed by atoms with Gasteiger partial charge in [0.05, 0.1) is 40.4 Å². The van der Waals surface area contributed by atoms with Gasteiger partial charge in [0.2, 0.25) is 0 Å². The van der Waals surface area contributed by atoms with Crippen LogP contribution >= 0.6 is 34.8 Å². The zero-order chi connectivity index (χ0) is 18.0. The molecular formula is C16H14Cl3N5O. The van der Waals surface area contributed by atoms with Crippen LogP contribution in [0.25, 0.3) is 5.69 Å². The van der Waals surface area contributed by atoms with Crippen LogP contribution in [0.2, 0.25) is 15.1 Å². The van der Waals surface area contributed by atoms with Gasteiger partial charge in [-0.2, -0.15) is 14.9 Å². The molecule has 0 saturated heterocycles. The van der Waals surface area contributed by atoms with Gasteiger partial charge in [-0.3, -0.25) is 9.48 Å². The molecule has 1 aromatic carbocycles. The molecule has 0 aliphatic heterocycles. The number of halogens is 3. The van der Waals surface area contributed by atoms with Gasteiger partial charge in [0.25, 0.3) is 5.56 Å². The first kappa shape index (κ1) is 17.8. The van der Waals surface area contributed by atoms with Gasteiger partial charge in [-0.15, -0.1) is 0 Å². The van der Waals surface area contributed by atoms with Gasteiger partial charge >= 0.3 is 0 Å². The molecule has 3 aromatic rings. The molecule has 6 nitrogen and oxygen atoms in total. The first-order valence-electron chi connectivity index (χ1n) is 7.42. The predicted octanol–water partition coefficient (Wildman–Crippen LogP) is 3.81. The summed E-state index contributed by atoms with van der Waals surface area (Å²) >= 11 is 18.0. The van der Waals surface area contributed by atoms with E-state index in [4.69, 9.17) is 34.8 Å². The van der Waals surface area contributed by atoms with Crippen molar-refractivity contribution >= 4 is 40.5 Å². The lowest BCUT2D eigenvalue weighted by molar-refractivity contribution is 0.637. The second-order valence-electron chi connectivity index (χ2n) is 5.40. The van der Waals surface area contributed by atoms with E-state index in [-0.39, 0.29) is 10.0 Å². The van der Waals surface area contributed by atoms with Crippen LogP contribution in [0.5, 0.6) is 0 Å². The zero-order valence-electron chi connectivity index (χ0n) is 13.2. The molecular weight excluding hydrogens is 385 g/mol. The Kier molecular flexibility index (Phi) is 5.32. The number of anilines is 1. The molecule has 25 heavy (non-hydrogen) atoms. The molecule has 9 heteroatoms. The molecule has 3 rings (SSSR count). The highest BCUT2D eigenvalue weighted by Crippen LogP contribution is 2.24. The van der Waals surface area contributed by atoms with Crippen molar-refractivity contribution in [2.75, 3.05) is 11.9 Å². The molecule has 0 unspecified atom stereocenters. The van der Waals surface area contributed by atoms with E-state index in [1.807, 2.05) is 24.0 Å². The minimum atomic E-state index is -0.500. The van der Waals surface area contributed by atoms with Gasteiger partial charge in [-0.25, -0.2) is 0 Å². The number of nitrogens with one attached hydrogen (secondary N) is 1. The first-order chi connectivity index (χ1) is 12.0. The number of aryl methyl sites for hydroxylation is 1. The summed E-state index contributed by atoms with van der Waals surface area (Å²) in [5, 5.41) is 11.9. The molecule has 0 amide bonds. The fourth-order valence-corrected chi connectivity index (χ4v) is 2.77. The van der Waals surface area contributed by atoms with Crippen LogP contribution in [0.4, 0.5) is 5.69 Å². The maximum absolute atomic E-state index is 12.1. The van der Waals surface area contributed by atoms with E-state index in [9.17, 15) is 4.79 Å². The quantitative estimate of drug-likeness (QED) is 0.710. The van der Waals surface area contributed by atoms with Gasteiger partial charge in [-0.1, -0.05) is 34.8 Å². The zero-order valence-corrected chi connectivity index (χ0v) is 15.5. The number of hydrogen-bond donors (Lipinski definition) is 1. The molecule has 0 aliphatic carbocycles. The van der Waals surface area contributed by atoms with Gasteiger partial charge in [-0.05, 0) is 30.7 Å². The maximum Gasteiger partial charge on any atom is 0.291 e. The standard InChI is InChI=1S/C16H14Cl3N5O/c1-10-7-21-23(9-10)5-4-20-14-3-2-11(6-12(14)17)24-16(25)15(19)13(18)8-22-24/h2-3,6-9,20H,4-5H2,1H3. The van der Waals surface area contributed by atoms with Crippen molar-refractivity contribution in [3.63, 3.8) is 0 Å². The number of hydrogen-bond acceptors (Lipinski definition) is 4. The molecule has 130 valence electrons. The van der Waals surface area contributed by atoms with Crippen LogP contribution in [0, 0.1) is 6.92 Å². The van der Waals surface area contributed by atoms with E-state index < -0.39 is 5.56 Å². The van der Waals surface area contributed by atoms with Crippen LogP contribution in [0.1, 0.15) is 5.56 Å². The molecule has 0 bridgehead atoms. The number of aromatic nitrogens is 4. The van der Waals surface area contributed by atoms with Crippen molar-refractivity contribution < 1.29 is 0 Å². The molecule has 0 aliphatic rings. The largest absolute Gasteiger partial charge is 0.382 e. The summed E-state index contributed by atoms with van der Waals surface area (Å²) in [5.74, 6) is 0. The second-order valence-corrected chi connectivity index (χ2v) is 6.59. The Balaban J connectivity index is 1.75. The summed E-state index contributed by atoms with van der Waals surface area (Å²) in [6.45, 7) is 3.36. The fraction of sp³-hybridized carbons (Fsp3) is 0.188. The molecule has 0 saturated carbocycles. The van der Waals surface area contributed by atoms with Crippen LogP contribution in [-0.2, 0) is 6.54 Å². The van der Waals surface area contributed by atoms with Crippen molar-refractivity contribution in [1.29, 1.82) is 0 Å². The fourth-order valence-electron chi connectivity index (χ4n) is 2.27. The lowest BCUT2D eigenvalue weighted by atomic mass is 10.2. The van der Waals surface area contributed by atoms with E-state index in [1.165, 1.54) is 6.20 Å². The molecule has 1 N–H and O–H groups in total. The van der Waals surface area contributed by atoms with Crippen molar-refractivity contribution in [3.05, 3.63) is 67.8 Å². The molecule has 0 fully saturated rings. The average molecular weight is 399 g/mol. The van der Waals surface area contributed by atoms with Crippen LogP contribution in [-0.4, -0.2) is 26.1 Å². The third-order valence-electron chi connectivity index (χ3n) is 3.49. The van der Waals surface area contributed by atoms with Crippen molar-refractivity contribution in [2.24, 2.45) is 0 Å². The van der Waals surface area contributed by atoms with Crippen molar-refractivity contribution in [1.82, 2.24) is 19.6 Å². The third-order valence-corrected chi connectivity index (χ3v) is 4.55. The second kappa shape index (κ2) is 7.47. The normalized spacial score (nSPS) is 10.9. The SMILES string of the molecule is Cc1cnn(CCNc2ccc(-n3ncc(Cl)c(Cl)c3=O)cc2Cl)c1. The van der Waals surface area contributed by atoms with Gasteiger partial charge in [0, 0.05) is 12.7 Å². The van der Waals surface area contributed by atoms with Crippen molar-refractivity contribution in [3.8, 4) is 5.69 Å². The Hall–Kier alpha value is -2.02. The summed E-state index contributed by atoms with van der Waals surface area (Å²) in [7, 11) is 0. The monoisotopic (exact) mass is 397 g/mol. The number of nitrogens with zero attached hydrogens (tertiary/aromatic N) is 4. The summed E-state index contributed by atoms with van der Waals surface area (Å²) in [5.41, 5.74) is 1.87. The summed E-state index contributed by atoms with van der Waals surface area (Å²) < 4.78 is 3.00. The molecule has 0 atom stereocenters. The van der Waals surface area contributed by atoms with Crippen LogP contribution < -0.4 is 10.9 Å². The predicted molar refractivity (Wildman–Crippen MR) is 100 cm³/mol. The Labute approximate surface area is 158 Å². The van der Waals surface area contributed by atoms with Crippen LogP contribution in [0.15, 0.2) is 41.6 Å². The van der Waals surface area contributed by atoms with E-state index in [0.717, 1.165) is 15.9 Å². The maximum atomic E-state index is 12.1. The van der Waals surface area contributed by atoms with E-state index >= 15 is 0 Å². The molecule has 2 aromatic heterocycles. The summed E-state index contributed by atoms with van der Waals surface area (Å²) in [4.78, 5) is 12.1. The van der Waals surface area contributed by atoms with Gasteiger partial charge in [0.15, 0.2) is 0 Å². The average Bonchev–Trinajstić information content (AvgIpc) is 3.00. The molecule has 2 heterocycles. The highest BCUT2D eigenvalue weighted by Gasteiger charge is 2.10. The molecule has 0 spiro atoms. The summed E-state index contributed by atoms with van der Waals surface area (Å²) in [6, 6.07) is 5.15. The van der Waals surface area contributed by atoms with Crippen LogP contribution in [0.3, 0.4) is 0 Å². The smallest absolute Gasteiger partial charge is 0.291 e. The Morgan fingerprint density at radius 1 is 1.12 bits per heavy atom. The Bertz CT molecular complexity index is 967. The number of rotatable bonds is 5. The minimum absolute atomic E-state index is 0.0792. The topological polar surface area (TPSA) is 64.7 Å². The Morgan fingerprint density at radius 3 is 2.60 bits per heavy atom. The highest BCUT2D eigenvalue weighted by molar-refractivity contribution is 6.41. The lowest BCUT2D eigenvalue weighted by Crippen LogP contribution is -2.21. The summed E-state index contributed by atoms with van der Waals surface area (Å²) in [6.07, 6.45) is 5.09. The third kappa shape index (κ3) is 3.98.